The van der Waals surface area contributed by atoms with Crippen LogP contribution in [0.15, 0.2) is 29.2 Å². The fourth-order valence-corrected chi connectivity index (χ4v) is 5.20. The Morgan fingerprint density at radius 3 is 2.24 bits per heavy atom. The highest BCUT2D eigenvalue weighted by Gasteiger charge is 2.53. The predicted octanol–water partition coefficient (Wildman–Crippen LogP) is -2.30. The van der Waals surface area contributed by atoms with Crippen LogP contribution in [0.1, 0.15) is 12.8 Å². The number of aliphatic carboxylic acids is 2. The third-order valence-electron chi connectivity index (χ3n) is 4.96. The van der Waals surface area contributed by atoms with E-state index in [9.17, 15) is 53.7 Å². The van der Waals surface area contributed by atoms with E-state index in [2.05, 4.69) is 0 Å². The number of benzene rings is 1. The van der Waals surface area contributed by atoms with Crippen LogP contribution in [0.25, 0.3) is 0 Å². The molecule has 1 aromatic carbocycles. The number of para-hydroxylation sites is 1. The van der Waals surface area contributed by atoms with E-state index in [0.29, 0.717) is 0 Å². The summed E-state index contributed by atoms with van der Waals surface area (Å²) < 4.78 is 32.2. The molecule has 0 aliphatic carbocycles. The number of carboxylic acid groups (broad SMARTS) is 2. The molecule has 1 fully saturated rings. The van der Waals surface area contributed by atoms with Gasteiger partial charge in [-0.3, -0.25) is 19.7 Å². The molecule has 1 aliphatic rings. The Hall–Kier alpha value is -2.73. The van der Waals surface area contributed by atoms with Crippen molar-refractivity contribution in [2.45, 2.75) is 54.4 Å². The minimum Gasteiger partial charge on any atom is -0.481 e. The molecule has 2 rings (SSSR count). The SMILES string of the molecule is O=C(O)CC[C@@H](C(=O)O)N([C@@H]1O[C@H](CO)[C@@H](O)[C@H](O)[C@H]1O)S(=O)(=O)c1ccccc1[N+](=O)[O-]. The van der Waals surface area contributed by atoms with Crippen molar-refractivity contribution in [3.63, 3.8) is 0 Å². The highest BCUT2D eigenvalue weighted by atomic mass is 32.2. The fourth-order valence-electron chi connectivity index (χ4n) is 3.33. The summed E-state index contributed by atoms with van der Waals surface area (Å²) in [7, 11) is -5.22. The Labute approximate surface area is 186 Å². The van der Waals surface area contributed by atoms with E-state index in [1.54, 1.807) is 0 Å². The first-order chi connectivity index (χ1) is 15.3. The van der Waals surface area contributed by atoms with E-state index in [1.807, 2.05) is 0 Å². The molecule has 33 heavy (non-hydrogen) atoms. The largest absolute Gasteiger partial charge is 0.481 e. The summed E-state index contributed by atoms with van der Waals surface area (Å²) in [5.74, 6) is -3.37. The quantitative estimate of drug-likeness (QED) is 0.148. The Morgan fingerprint density at radius 1 is 1.12 bits per heavy atom. The molecule has 6 atom stereocenters. The van der Waals surface area contributed by atoms with Crippen LogP contribution in [0.4, 0.5) is 5.69 Å². The van der Waals surface area contributed by atoms with Crippen molar-refractivity contribution >= 4 is 27.6 Å². The molecular weight excluding hydrogens is 472 g/mol. The average Bonchev–Trinajstić information content (AvgIpc) is 2.75. The number of aliphatic hydroxyl groups is 4. The molecule has 184 valence electrons. The maximum atomic E-state index is 13.5. The maximum Gasteiger partial charge on any atom is 0.322 e. The first-order valence-corrected chi connectivity index (χ1v) is 10.8. The number of nitro groups is 1. The highest BCUT2D eigenvalue weighted by Crippen LogP contribution is 2.34. The van der Waals surface area contributed by atoms with Crippen molar-refractivity contribution in [2.75, 3.05) is 6.61 Å². The number of hydrogen-bond donors (Lipinski definition) is 6. The Balaban J connectivity index is 2.73. The van der Waals surface area contributed by atoms with Gasteiger partial charge in [0.1, 0.15) is 30.5 Å². The van der Waals surface area contributed by atoms with Crippen molar-refractivity contribution in [1.82, 2.24) is 4.31 Å². The number of aliphatic hydroxyl groups excluding tert-OH is 4. The molecule has 1 heterocycles. The minimum absolute atomic E-state index is 0.00301. The monoisotopic (exact) mass is 494 g/mol. The third kappa shape index (κ3) is 5.44. The fraction of sp³-hybridized carbons (Fsp3) is 0.529. The van der Waals surface area contributed by atoms with Crippen LogP contribution in [-0.2, 0) is 24.3 Å². The van der Waals surface area contributed by atoms with Gasteiger partial charge < -0.3 is 35.4 Å². The standard InChI is InChI=1S/C17H22N2O13S/c20-7-10-13(23)14(24)15(25)16(32-10)18(9(17(26)27)5-6-12(21)22)33(30,31)11-4-2-1-3-8(11)19(28)29/h1-4,9-10,13-16,20,23-25H,5-7H2,(H,21,22)(H,26,27)/t9-,10+,13+,14-,15+,16+/m0/s1. The molecule has 1 saturated heterocycles. The molecule has 16 heteroatoms. The van der Waals surface area contributed by atoms with Crippen molar-refractivity contribution in [1.29, 1.82) is 0 Å². The maximum absolute atomic E-state index is 13.5. The third-order valence-corrected chi connectivity index (χ3v) is 6.88. The first kappa shape index (κ1) is 26.5. The molecule has 0 bridgehead atoms. The number of nitro benzene ring substituents is 1. The molecule has 1 aromatic rings. The summed E-state index contributed by atoms with van der Waals surface area (Å²) in [5, 5.41) is 69.9. The number of sulfonamides is 1. The normalized spacial score (nSPS) is 26.6. The van der Waals surface area contributed by atoms with Gasteiger partial charge in [0.2, 0.25) is 0 Å². The minimum atomic E-state index is -5.22. The van der Waals surface area contributed by atoms with Gasteiger partial charge >= 0.3 is 11.9 Å². The van der Waals surface area contributed by atoms with Crippen LogP contribution in [0.3, 0.4) is 0 Å². The molecule has 0 amide bonds. The smallest absolute Gasteiger partial charge is 0.322 e. The van der Waals surface area contributed by atoms with Gasteiger partial charge in [0, 0.05) is 12.5 Å². The zero-order chi connectivity index (χ0) is 25.1. The molecule has 0 aromatic heterocycles. The van der Waals surface area contributed by atoms with E-state index >= 15 is 0 Å². The van der Waals surface area contributed by atoms with Crippen molar-refractivity contribution in [3.05, 3.63) is 34.4 Å². The van der Waals surface area contributed by atoms with E-state index in [-0.39, 0.29) is 4.31 Å². The molecule has 0 saturated carbocycles. The summed E-state index contributed by atoms with van der Waals surface area (Å²) in [4.78, 5) is 32.3. The molecule has 6 N–H and O–H groups in total. The number of ether oxygens (including phenoxy) is 1. The number of carbonyl (C=O) groups is 2. The van der Waals surface area contributed by atoms with Crippen molar-refractivity contribution in [2.24, 2.45) is 0 Å². The van der Waals surface area contributed by atoms with Crippen LogP contribution in [0, 0.1) is 10.1 Å². The topological polar surface area (TPSA) is 245 Å². The molecule has 0 unspecified atom stereocenters. The number of carboxylic acids is 2. The van der Waals surface area contributed by atoms with Gasteiger partial charge in [0.05, 0.1) is 11.5 Å². The van der Waals surface area contributed by atoms with E-state index in [4.69, 9.17) is 9.84 Å². The molecule has 0 radical (unpaired) electrons. The van der Waals surface area contributed by atoms with E-state index < -0.39 is 93.6 Å². The lowest BCUT2D eigenvalue weighted by molar-refractivity contribution is -0.387. The summed E-state index contributed by atoms with van der Waals surface area (Å²) in [5.41, 5.74) is -0.950. The lowest BCUT2D eigenvalue weighted by atomic mass is 9.97. The van der Waals surface area contributed by atoms with Crippen LogP contribution >= 0.6 is 0 Å². The Bertz CT molecular complexity index is 998. The second-order valence-electron chi connectivity index (χ2n) is 7.07. The molecule has 0 spiro atoms. The highest BCUT2D eigenvalue weighted by molar-refractivity contribution is 7.89. The van der Waals surface area contributed by atoms with Gasteiger partial charge in [-0.15, -0.1) is 0 Å². The predicted molar refractivity (Wildman–Crippen MR) is 104 cm³/mol. The van der Waals surface area contributed by atoms with Crippen molar-refractivity contribution in [3.8, 4) is 0 Å². The van der Waals surface area contributed by atoms with E-state index in [0.717, 1.165) is 24.3 Å². The van der Waals surface area contributed by atoms with Gasteiger partial charge in [0.25, 0.3) is 15.7 Å². The summed E-state index contributed by atoms with van der Waals surface area (Å²) in [6, 6.07) is 1.64. The first-order valence-electron chi connectivity index (χ1n) is 9.36. The zero-order valence-electron chi connectivity index (χ0n) is 16.7. The Morgan fingerprint density at radius 2 is 1.73 bits per heavy atom. The van der Waals surface area contributed by atoms with Crippen LogP contribution in [0.2, 0.25) is 0 Å². The van der Waals surface area contributed by atoms with Crippen LogP contribution in [-0.4, -0.2) is 104 Å². The summed E-state index contributed by atoms with van der Waals surface area (Å²) in [6.45, 7) is -0.978. The molecule has 1 aliphatic heterocycles. The lowest BCUT2D eigenvalue weighted by Crippen LogP contribution is -2.66. The van der Waals surface area contributed by atoms with Gasteiger partial charge in [-0.25, -0.2) is 8.42 Å². The Kier molecular flexibility index (Phi) is 8.41. The second kappa shape index (κ2) is 10.5. The van der Waals surface area contributed by atoms with Gasteiger partial charge in [-0.2, -0.15) is 4.31 Å². The van der Waals surface area contributed by atoms with Crippen molar-refractivity contribution < 1.29 is 58.3 Å². The summed E-state index contributed by atoms with van der Waals surface area (Å²) >= 11 is 0. The summed E-state index contributed by atoms with van der Waals surface area (Å²) in [6.07, 6.45) is -11.9. The van der Waals surface area contributed by atoms with Crippen LogP contribution in [0.5, 0.6) is 0 Å². The van der Waals surface area contributed by atoms with Gasteiger partial charge in [0.15, 0.2) is 11.1 Å². The number of rotatable bonds is 10. The zero-order valence-corrected chi connectivity index (χ0v) is 17.6. The molecular formula is C17H22N2O13S. The number of hydrogen-bond acceptors (Lipinski definition) is 11. The van der Waals surface area contributed by atoms with Gasteiger partial charge in [-0.1, -0.05) is 12.1 Å². The number of nitrogens with zero attached hydrogens (tertiary/aromatic N) is 2. The average molecular weight is 494 g/mol. The molecule has 15 nitrogen and oxygen atoms in total. The van der Waals surface area contributed by atoms with Crippen LogP contribution < -0.4 is 0 Å². The lowest BCUT2D eigenvalue weighted by Gasteiger charge is -2.45. The van der Waals surface area contributed by atoms with E-state index in [1.165, 1.54) is 0 Å². The van der Waals surface area contributed by atoms with Gasteiger partial charge in [-0.05, 0) is 12.5 Å². The second-order valence-corrected chi connectivity index (χ2v) is 8.88.